The molecular weight excluding hydrogens is 288 g/mol. The first-order valence-electron chi connectivity index (χ1n) is 7.06. The van der Waals surface area contributed by atoms with Crippen molar-refractivity contribution in [2.75, 3.05) is 19.4 Å². The number of nitrogens with zero attached hydrogens (tertiary/aromatic N) is 3. The molecule has 1 N–H and O–H groups in total. The molecule has 2 aromatic rings. The Balaban J connectivity index is 2.59. The second-order valence-electron chi connectivity index (χ2n) is 5.10. The van der Waals surface area contributed by atoms with Crippen molar-refractivity contribution in [3.8, 4) is 0 Å². The summed E-state index contributed by atoms with van der Waals surface area (Å²) in [5.74, 6) is 0.372. The molecular formula is C14H22N4O2S. The third-order valence-electron chi connectivity index (χ3n) is 3.67. The first kappa shape index (κ1) is 15.8. The highest BCUT2D eigenvalue weighted by atomic mass is 32.2. The minimum atomic E-state index is -3.62. The molecule has 116 valence electrons. The molecule has 0 aliphatic carbocycles. The van der Waals surface area contributed by atoms with Gasteiger partial charge in [0.05, 0.1) is 0 Å². The molecule has 2 rings (SSSR count). The fourth-order valence-corrected chi connectivity index (χ4v) is 4.00. The zero-order valence-corrected chi connectivity index (χ0v) is 13.7. The molecule has 0 saturated carbocycles. The number of rotatable bonds is 6. The maximum atomic E-state index is 12.9. The summed E-state index contributed by atoms with van der Waals surface area (Å²) in [6.07, 6.45) is 3.48. The molecule has 0 fully saturated rings. The molecule has 1 atom stereocenters. The van der Waals surface area contributed by atoms with Crippen LogP contribution in [0.15, 0.2) is 29.4 Å². The molecule has 21 heavy (non-hydrogen) atoms. The maximum Gasteiger partial charge on any atom is 0.262 e. The van der Waals surface area contributed by atoms with Crippen LogP contribution in [0.3, 0.4) is 0 Å². The number of pyridine rings is 1. The molecule has 0 aliphatic heterocycles. The number of aromatic nitrogens is 2. The van der Waals surface area contributed by atoms with Crippen molar-refractivity contribution < 1.29 is 8.42 Å². The van der Waals surface area contributed by atoms with Crippen LogP contribution in [0.1, 0.15) is 26.7 Å². The van der Waals surface area contributed by atoms with Crippen LogP contribution in [0, 0.1) is 0 Å². The number of sulfonamides is 1. The number of hydrogen-bond donors (Lipinski definition) is 1. The summed E-state index contributed by atoms with van der Waals surface area (Å²) in [5, 5.41) is 3.07. The maximum absolute atomic E-state index is 12.9. The number of anilines is 1. The molecule has 1 unspecified atom stereocenters. The van der Waals surface area contributed by atoms with Gasteiger partial charge >= 0.3 is 0 Å². The van der Waals surface area contributed by atoms with Crippen LogP contribution in [0.25, 0.3) is 5.65 Å². The van der Waals surface area contributed by atoms with Crippen LogP contribution in [-0.4, -0.2) is 42.2 Å². The van der Waals surface area contributed by atoms with Gasteiger partial charge in [-0.2, -0.15) is 4.31 Å². The van der Waals surface area contributed by atoms with Crippen molar-refractivity contribution in [3.63, 3.8) is 0 Å². The van der Waals surface area contributed by atoms with Gasteiger partial charge in [-0.3, -0.25) is 4.40 Å². The van der Waals surface area contributed by atoms with E-state index in [1.54, 1.807) is 36.8 Å². The van der Waals surface area contributed by atoms with Crippen LogP contribution >= 0.6 is 0 Å². The lowest BCUT2D eigenvalue weighted by molar-refractivity contribution is 0.367. The topological polar surface area (TPSA) is 66.7 Å². The van der Waals surface area contributed by atoms with Gasteiger partial charge in [0, 0.05) is 26.3 Å². The minimum Gasteiger partial charge on any atom is -0.371 e. The number of fused-ring (bicyclic) bond motifs is 1. The average Bonchev–Trinajstić information content (AvgIpc) is 2.85. The predicted molar refractivity (Wildman–Crippen MR) is 84.1 cm³/mol. The summed E-state index contributed by atoms with van der Waals surface area (Å²) < 4.78 is 28.9. The summed E-state index contributed by atoms with van der Waals surface area (Å²) in [7, 11) is -0.316. The van der Waals surface area contributed by atoms with Gasteiger partial charge in [-0.25, -0.2) is 13.4 Å². The van der Waals surface area contributed by atoms with Crippen molar-refractivity contribution in [2.24, 2.45) is 0 Å². The summed E-state index contributed by atoms with van der Waals surface area (Å²) in [6, 6.07) is 5.36. The van der Waals surface area contributed by atoms with Gasteiger partial charge in [-0.1, -0.05) is 19.4 Å². The van der Waals surface area contributed by atoms with E-state index in [0.717, 1.165) is 12.8 Å². The molecule has 0 aromatic carbocycles. The molecule has 6 nitrogen and oxygen atoms in total. The van der Waals surface area contributed by atoms with Crippen LogP contribution in [0.4, 0.5) is 5.82 Å². The molecule has 0 radical (unpaired) electrons. The van der Waals surface area contributed by atoms with Crippen LogP contribution in [0.2, 0.25) is 0 Å². The average molecular weight is 310 g/mol. The Labute approximate surface area is 125 Å². The van der Waals surface area contributed by atoms with E-state index in [4.69, 9.17) is 0 Å². The van der Waals surface area contributed by atoms with Gasteiger partial charge in [0.1, 0.15) is 5.65 Å². The molecule has 2 heterocycles. The first-order chi connectivity index (χ1) is 9.93. The first-order valence-corrected chi connectivity index (χ1v) is 8.50. The Morgan fingerprint density at radius 2 is 2.14 bits per heavy atom. The molecule has 0 bridgehead atoms. The lowest BCUT2D eigenvalue weighted by atomic mass is 10.2. The third kappa shape index (κ3) is 2.75. The zero-order chi connectivity index (χ0) is 15.6. The van der Waals surface area contributed by atoms with Crippen molar-refractivity contribution in [1.82, 2.24) is 13.7 Å². The Morgan fingerprint density at radius 3 is 2.76 bits per heavy atom. The number of imidazole rings is 1. The lowest BCUT2D eigenvalue weighted by Gasteiger charge is -2.24. The summed E-state index contributed by atoms with van der Waals surface area (Å²) >= 11 is 0. The van der Waals surface area contributed by atoms with Crippen molar-refractivity contribution in [2.45, 2.75) is 37.8 Å². The van der Waals surface area contributed by atoms with Crippen molar-refractivity contribution in [3.05, 3.63) is 24.4 Å². The quantitative estimate of drug-likeness (QED) is 0.888. The Hall–Kier alpha value is -1.60. The van der Waals surface area contributed by atoms with E-state index in [0.29, 0.717) is 11.5 Å². The summed E-state index contributed by atoms with van der Waals surface area (Å²) in [5.41, 5.74) is 0.608. The summed E-state index contributed by atoms with van der Waals surface area (Å²) in [6.45, 7) is 3.97. The van der Waals surface area contributed by atoms with E-state index < -0.39 is 10.0 Å². The normalized spacial score (nSPS) is 13.8. The second-order valence-corrected chi connectivity index (χ2v) is 7.02. The zero-order valence-electron chi connectivity index (χ0n) is 12.9. The fourth-order valence-electron chi connectivity index (χ4n) is 2.36. The van der Waals surface area contributed by atoms with E-state index in [1.165, 1.54) is 4.31 Å². The van der Waals surface area contributed by atoms with E-state index >= 15 is 0 Å². The van der Waals surface area contributed by atoms with Crippen molar-refractivity contribution in [1.29, 1.82) is 0 Å². The van der Waals surface area contributed by atoms with E-state index in [-0.39, 0.29) is 11.1 Å². The van der Waals surface area contributed by atoms with Crippen LogP contribution < -0.4 is 5.32 Å². The van der Waals surface area contributed by atoms with Crippen LogP contribution in [0.5, 0.6) is 0 Å². The van der Waals surface area contributed by atoms with Gasteiger partial charge in [0.2, 0.25) is 0 Å². The molecule has 7 heteroatoms. The van der Waals surface area contributed by atoms with Gasteiger partial charge < -0.3 is 5.32 Å². The Bertz CT molecular complexity index is 724. The number of nitrogens with one attached hydrogen (secondary N) is 1. The Morgan fingerprint density at radius 1 is 1.43 bits per heavy atom. The standard InChI is InChI=1S/C14H22N4O2S/c1-5-8-11(2)17(4)21(19,20)14-13(15-3)16-12-9-6-7-10-18(12)14/h6-7,9-11,15H,5,8H2,1-4H3. The van der Waals surface area contributed by atoms with Gasteiger partial charge in [0.15, 0.2) is 10.8 Å². The molecule has 0 saturated heterocycles. The highest BCUT2D eigenvalue weighted by Gasteiger charge is 2.31. The van der Waals surface area contributed by atoms with Crippen molar-refractivity contribution >= 4 is 21.5 Å². The van der Waals surface area contributed by atoms with E-state index in [1.807, 2.05) is 19.9 Å². The smallest absolute Gasteiger partial charge is 0.262 e. The number of hydrogen-bond acceptors (Lipinski definition) is 4. The lowest BCUT2D eigenvalue weighted by Crippen LogP contribution is -2.35. The molecule has 0 aliphatic rings. The highest BCUT2D eigenvalue weighted by molar-refractivity contribution is 7.89. The van der Waals surface area contributed by atoms with Gasteiger partial charge in [-0.15, -0.1) is 0 Å². The second kappa shape index (κ2) is 6.03. The minimum absolute atomic E-state index is 0.0565. The summed E-state index contributed by atoms with van der Waals surface area (Å²) in [4.78, 5) is 4.33. The third-order valence-corrected chi connectivity index (χ3v) is 5.67. The monoisotopic (exact) mass is 310 g/mol. The SMILES string of the molecule is CCCC(C)N(C)S(=O)(=O)c1c(NC)nc2ccccn12. The van der Waals surface area contributed by atoms with Crippen LogP contribution in [-0.2, 0) is 10.0 Å². The largest absolute Gasteiger partial charge is 0.371 e. The van der Waals surface area contributed by atoms with E-state index in [9.17, 15) is 8.42 Å². The van der Waals surface area contributed by atoms with Gasteiger partial charge in [-0.05, 0) is 25.5 Å². The Kier molecular flexibility index (Phi) is 4.53. The van der Waals surface area contributed by atoms with E-state index in [2.05, 4.69) is 10.3 Å². The molecule has 0 spiro atoms. The predicted octanol–water partition coefficient (Wildman–Crippen LogP) is 2.19. The van der Waals surface area contributed by atoms with Gasteiger partial charge in [0.25, 0.3) is 10.0 Å². The molecule has 2 aromatic heterocycles. The highest BCUT2D eigenvalue weighted by Crippen LogP contribution is 2.26. The molecule has 0 amide bonds. The fraction of sp³-hybridized carbons (Fsp3) is 0.500.